The minimum Gasteiger partial charge on any atom is -0.462 e. The van der Waals surface area contributed by atoms with Crippen LogP contribution in [-0.2, 0) is 11.8 Å². The highest BCUT2D eigenvalue weighted by Crippen LogP contribution is 2.26. The van der Waals surface area contributed by atoms with E-state index in [9.17, 15) is 14.7 Å². The molecule has 2 aromatic rings. The van der Waals surface area contributed by atoms with Gasteiger partial charge in [0.15, 0.2) is 0 Å². The first kappa shape index (κ1) is 17.3. The number of ether oxygens (including phenoxy) is 1. The van der Waals surface area contributed by atoms with Crippen molar-refractivity contribution in [3.63, 3.8) is 0 Å². The van der Waals surface area contributed by atoms with E-state index in [2.05, 4.69) is 16.8 Å². The maximum Gasteiger partial charge on any atom is 0.340 e. The highest BCUT2D eigenvalue weighted by atomic mass is 16.5. The van der Waals surface area contributed by atoms with Crippen molar-refractivity contribution >= 4 is 16.9 Å². The number of nitrogens with one attached hydrogen (secondary N) is 1. The summed E-state index contributed by atoms with van der Waals surface area (Å²) in [7, 11) is 1.65. The summed E-state index contributed by atoms with van der Waals surface area (Å²) >= 11 is 0. The number of fused-ring (bicyclic) bond motifs is 1. The number of aromatic amines is 1. The van der Waals surface area contributed by atoms with Gasteiger partial charge in [0.1, 0.15) is 5.52 Å². The molecule has 2 heterocycles. The van der Waals surface area contributed by atoms with Crippen LogP contribution in [0.1, 0.15) is 47.8 Å². The van der Waals surface area contributed by atoms with E-state index in [1.807, 2.05) is 0 Å². The van der Waals surface area contributed by atoms with E-state index in [0.29, 0.717) is 27.7 Å². The zero-order chi connectivity index (χ0) is 18.1. The van der Waals surface area contributed by atoms with Crippen LogP contribution < -0.4 is 5.56 Å². The van der Waals surface area contributed by atoms with E-state index >= 15 is 0 Å². The van der Waals surface area contributed by atoms with Gasteiger partial charge in [-0.2, -0.15) is 0 Å². The summed E-state index contributed by atoms with van der Waals surface area (Å²) in [5.41, 5.74) is 1.65. The predicted molar refractivity (Wildman–Crippen MR) is 94.5 cm³/mol. The number of aliphatic hydroxyl groups excluding tert-OH is 1. The van der Waals surface area contributed by atoms with E-state index in [1.165, 1.54) is 4.57 Å². The van der Waals surface area contributed by atoms with E-state index in [0.717, 1.165) is 19.3 Å². The van der Waals surface area contributed by atoms with Crippen LogP contribution >= 0.6 is 0 Å². The smallest absolute Gasteiger partial charge is 0.340 e. The zero-order valence-electron chi connectivity index (χ0n) is 14.7. The monoisotopic (exact) mass is 342 g/mol. The molecule has 132 valence electrons. The first-order valence-corrected chi connectivity index (χ1v) is 8.52. The number of H-pyrrole nitrogens is 1. The molecule has 2 atom stereocenters. The maximum absolute atomic E-state index is 12.4. The molecule has 1 fully saturated rings. The third-order valence-corrected chi connectivity index (χ3v) is 4.67. The average molecular weight is 342 g/mol. The molecule has 0 radical (unpaired) electrons. The van der Waals surface area contributed by atoms with Gasteiger partial charge >= 0.3 is 5.97 Å². The Morgan fingerprint density at radius 1 is 1.48 bits per heavy atom. The van der Waals surface area contributed by atoms with Crippen LogP contribution in [0.15, 0.2) is 11.0 Å². The second kappa shape index (κ2) is 6.77. The van der Waals surface area contributed by atoms with E-state index < -0.39 is 12.1 Å². The number of hydrogen-bond donors (Lipinski definition) is 2. The molecule has 25 heavy (non-hydrogen) atoms. The van der Waals surface area contributed by atoms with Gasteiger partial charge in [0, 0.05) is 30.2 Å². The second-order valence-corrected chi connectivity index (χ2v) is 6.43. The summed E-state index contributed by atoms with van der Waals surface area (Å²) in [4.78, 5) is 27.8. The summed E-state index contributed by atoms with van der Waals surface area (Å²) < 4.78 is 6.59. The molecule has 3 rings (SSSR count). The van der Waals surface area contributed by atoms with Gasteiger partial charge in [-0.1, -0.05) is 11.8 Å². The van der Waals surface area contributed by atoms with Gasteiger partial charge < -0.3 is 19.4 Å². The fourth-order valence-corrected chi connectivity index (χ4v) is 3.38. The number of aliphatic hydroxyl groups is 1. The highest BCUT2D eigenvalue weighted by molar-refractivity contribution is 6.07. The van der Waals surface area contributed by atoms with Crippen molar-refractivity contribution in [2.75, 3.05) is 6.61 Å². The number of aryl methyl sites for hydroxylation is 2. The summed E-state index contributed by atoms with van der Waals surface area (Å²) in [6, 6.07) is 0. The molecule has 2 unspecified atom stereocenters. The lowest BCUT2D eigenvalue weighted by molar-refractivity contribution is 0.0528. The standard InChI is InChI=1S/C19H22N2O4/c1-4-25-19(24)15-11(2)20-17-16(15)13(10-21(3)18(17)23)9-8-12-6-5-7-14(12)22/h10,12,14,20,22H,4-7H2,1-3H3. The van der Waals surface area contributed by atoms with E-state index in [4.69, 9.17) is 4.74 Å². The number of nitrogens with zero attached hydrogens (tertiary/aromatic N) is 1. The Kier molecular flexibility index (Phi) is 4.69. The molecule has 0 aliphatic heterocycles. The van der Waals surface area contributed by atoms with Crippen LogP contribution in [0.3, 0.4) is 0 Å². The van der Waals surface area contributed by atoms with Gasteiger partial charge in [-0.3, -0.25) is 4.79 Å². The van der Waals surface area contributed by atoms with Crippen LogP contribution in [0.4, 0.5) is 0 Å². The van der Waals surface area contributed by atoms with Crippen molar-refractivity contribution < 1.29 is 14.6 Å². The van der Waals surface area contributed by atoms with Crippen LogP contribution in [-0.4, -0.2) is 33.3 Å². The number of aromatic nitrogens is 2. The summed E-state index contributed by atoms with van der Waals surface area (Å²) in [6.45, 7) is 3.73. The zero-order valence-corrected chi connectivity index (χ0v) is 14.7. The Morgan fingerprint density at radius 3 is 2.88 bits per heavy atom. The van der Waals surface area contributed by atoms with Gasteiger partial charge in [-0.05, 0) is 33.1 Å². The molecule has 2 N–H and O–H groups in total. The Labute approximate surface area is 145 Å². The first-order chi connectivity index (χ1) is 11.9. The Balaban J connectivity index is 2.20. The molecule has 6 heteroatoms. The van der Waals surface area contributed by atoms with Crippen molar-refractivity contribution in [1.29, 1.82) is 0 Å². The van der Waals surface area contributed by atoms with Crippen LogP contribution in [0.25, 0.3) is 10.9 Å². The van der Waals surface area contributed by atoms with Crippen molar-refractivity contribution in [1.82, 2.24) is 9.55 Å². The summed E-state index contributed by atoms with van der Waals surface area (Å²) in [5, 5.41) is 10.5. The molecule has 0 spiro atoms. The molecule has 0 aromatic carbocycles. The molecular formula is C19H22N2O4. The van der Waals surface area contributed by atoms with Gasteiger partial charge in [-0.25, -0.2) is 4.79 Å². The average Bonchev–Trinajstić information content (AvgIpc) is 3.13. The second-order valence-electron chi connectivity index (χ2n) is 6.43. The number of carbonyl (C=O) groups is 1. The lowest BCUT2D eigenvalue weighted by Crippen LogP contribution is -2.17. The highest BCUT2D eigenvalue weighted by Gasteiger charge is 2.24. The van der Waals surface area contributed by atoms with Crippen molar-refractivity contribution in [2.24, 2.45) is 13.0 Å². The summed E-state index contributed by atoms with van der Waals surface area (Å²) in [6.07, 6.45) is 3.81. The van der Waals surface area contributed by atoms with Crippen LogP contribution in [0.5, 0.6) is 0 Å². The predicted octanol–water partition coefficient (Wildman–Crippen LogP) is 1.86. The molecule has 0 amide bonds. The van der Waals surface area contributed by atoms with Gasteiger partial charge in [0.25, 0.3) is 5.56 Å². The topological polar surface area (TPSA) is 84.3 Å². The fraction of sp³-hybridized carbons (Fsp3) is 0.474. The molecule has 0 saturated heterocycles. The largest absolute Gasteiger partial charge is 0.462 e. The first-order valence-electron chi connectivity index (χ1n) is 8.52. The lowest BCUT2D eigenvalue weighted by Gasteiger charge is -2.07. The Hall–Kier alpha value is -2.52. The molecule has 0 bridgehead atoms. The lowest BCUT2D eigenvalue weighted by atomic mass is 10.0. The number of hydrogen-bond acceptors (Lipinski definition) is 4. The van der Waals surface area contributed by atoms with Crippen molar-refractivity contribution in [3.8, 4) is 11.8 Å². The number of carbonyl (C=O) groups excluding carboxylic acids is 1. The maximum atomic E-state index is 12.4. The SMILES string of the molecule is CCOC(=O)c1c(C)[nH]c2c(=O)n(C)cc(C#CC3CCCC3O)c12. The third-order valence-electron chi connectivity index (χ3n) is 4.67. The molecule has 1 aliphatic carbocycles. The molecule has 1 aliphatic rings. The Bertz CT molecular complexity index is 942. The fourth-order valence-electron chi connectivity index (χ4n) is 3.38. The summed E-state index contributed by atoms with van der Waals surface area (Å²) in [5.74, 6) is 5.65. The van der Waals surface area contributed by atoms with Gasteiger partial charge in [-0.15, -0.1) is 0 Å². The molecule has 1 saturated carbocycles. The quantitative estimate of drug-likeness (QED) is 0.644. The van der Waals surface area contributed by atoms with E-state index in [1.54, 1.807) is 27.1 Å². The number of rotatable bonds is 2. The van der Waals surface area contributed by atoms with Crippen molar-refractivity contribution in [3.05, 3.63) is 33.4 Å². The molecular weight excluding hydrogens is 320 g/mol. The van der Waals surface area contributed by atoms with Gasteiger partial charge in [0.05, 0.1) is 23.8 Å². The Morgan fingerprint density at radius 2 is 2.24 bits per heavy atom. The molecule has 6 nitrogen and oxygen atoms in total. The third kappa shape index (κ3) is 3.08. The molecule has 2 aromatic heterocycles. The number of pyridine rings is 1. The van der Waals surface area contributed by atoms with E-state index in [-0.39, 0.29) is 18.1 Å². The number of esters is 1. The van der Waals surface area contributed by atoms with Gasteiger partial charge in [0.2, 0.25) is 0 Å². The minimum absolute atomic E-state index is 0.0710. The van der Waals surface area contributed by atoms with Crippen LogP contribution in [0, 0.1) is 24.7 Å². The van der Waals surface area contributed by atoms with Crippen LogP contribution in [0.2, 0.25) is 0 Å². The minimum atomic E-state index is -0.469. The normalized spacial score (nSPS) is 19.7. The van der Waals surface area contributed by atoms with Crippen molar-refractivity contribution in [2.45, 2.75) is 39.2 Å².